The van der Waals surface area contributed by atoms with E-state index in [1.807, 2.05) is 6.08 Å². The van der Waals surface area contributed by atoms with Gasteiger partial charge in [0.05, 0.1) is 0 Å². The summed E-state index contributed by atoms with van der Waals surface area (Å²) in [5.74, 6) is 1.09. The van der Waals surface area contributed by atoms with E-state index in [2.05, 4.69) is 32.6 Å². The van der Waals surface area contributed by atoms with E-state index >= 15 is 0 Å². The van der Waals surface area contributed by atoms with Gasteiger partial charge in [0.15, 0.2) is 0 Å². The average Bonchev–Trinajstić information content (AvgIpc) is 2.21. The fraction of sp³-hybridized carbons (Fsp3) is 0.800. The molecule has 0 saturated heterocycles. The molecule has 0 fully saturated rings. The molecule has 0 aromatic carbocycles. The van der Waals surface area contributed by atoms with Crippen molar-refractivity contribution in [1.29, 1.82) is 0 Å². The second kappa shape index (κ2) is 9.15. The van der Waals surface area contributed by atoms with E-state index in [0.717, 1.165) is 32.5 Å². The van der Waals surface area contributed by atoms with Gasteiger partial charge in [-0.05, 0) is 38.1 Å². The van der Waals surface area contributed by atoms with Crippen LogP contribution >= 0.6 is 0 Å². The summed E-state index contributed by atoms with van der Waals surface area (Å²) in [7, 11) is 0. The molecule has 18 heavy (non-hydrogen) atoms. The summed E-state index contributed by atoms with van der Waals surface area (Å²) in [6.45, 7) is 14.2. The Morgan fingerprint density at radius 3 is 2.06 bits per heavy atom. The summed E-state index contributed by atoms with van der Waals surface area (Å²) in [6.07, 6.45) is 3.97. The Balaban J connectivity index is 4.03. The number of carbonyl (C=O) groups is 1. The van der Waals surface area contributed by atoms with Crippen LogP contribution in [0.25, 0.3) is 0 Å². The van der Waals surface area contributed by atoms with Crippen molar-refractivity contribution in [2.24, 2.45) is 17.6 Å². The molecule has 0 atom stereocenters. The molecule has 0 aliphatic rings. The highest BCUT2D eigenvalue weighted by Crippen LogP contribution is 2.06. The summed E-state index contributed by atoms with van der Waals surface area (Å²) < 4.78 is 0. The molecule has 0 rings (SSSR count). The molecule has 0 aliphatic heterocycles. The second-order valence-electron chi connectivity index (χ2n) is 5.94. The molecule has 0 unspecified atom stereocenters. The fourth-order valence-electron chi connectivity index (χ4n) is 2.02. The van der Waals surface area contributed by atoms with Crippen LogP contribution in [-0.4, -0.2) is 30.4 Å². The molecule has 0 aromatic heterocycles. The Bertz CT molecular complexity index is 260. The lowest BCUT2D eigenvalue weighted by molar-refractivity contribution is -0.114. The van der Waals surface area contributed by atoms with Crippen molar-refractivity contribution in [2.45, 2.75) is 47.5 Å². The molecular weight excluding hydrogens is 224 g/mol. The van der Waals surface area contributed by atoms with E-state index in [-0.39, 0.29) is 5.91 Å². The van der Waals surface area contributed by atoms with Gasteiger partial charge in [0.1, 0.15) is 0 Å². The standard InChI is InChI=1S/C15H30N2O/c1-12(2)10-17(11-13(3)4)9-7-6-8-14(5)15(16)18/h8,12-13H,6-7,9-11H2,1-5H3,(H2,16,18). The van der Waals surface area contributed by atoms with Gasteiger partial charge in [-0.1, -0.05) is 33.8 Å². The third kappa shape index (κ3) is 9.23. The molecular formula is C15H30N2O. The topological polar surface area (TPSA) is 46.3 Å². The number of hydrogen-bond donors (Lipinski definition) is 1. The molecule has 3 heteroatoms. The van der Waals surface area contributed by atoms with Crippen molar-refractivity contribution in [1.82, 2.24) is 4.90 Å². The Morgan fingerprint density at radius 1 is 1.17 bits per heavy atom. The maximum Gasteiger partial charge on any atom is 0.244 e. The van der Waals surface area contributed by atoms with Crippen molar-refractivity contribution >= 4 is 5.91 Å². The van der Waals surface area contributed by atoms with Crippen LogP contribution in [0.3, 0.4) is 0 Å². The number of nitrogens with zero attached hydrogens (tertiary/aromatic N) is 1. The van der Waals surface area contributed by atoms with Gasteiger partial charge in [-0.15, -0.1) is 0 Å². The van der Waals surface area contributed by atoms with Gasteiger partial charge in [0.25, 0.3) is 0 Å². The SMILES string of the molecule is CC(=CCCCN(CC(C)C)CC(C)C)C(N)=O. The van der Waals surface area contributed by atoms with Gasteiger partial charge in [-0.25, -0.2) is 0 Å². The minimum absolute atomic E-state index is 0.309. The molecule has 0 spiro atoms. The summed E-state index contributed by atoms with van der Waals surface area (Å²) in [5, 5.41) is 0. The Hall–Kier alpha value is -0.830. The number of primary amides is 1. The van der Waals surface area contributed by atoms with Crippen molar-refractivity contribution in [2.75, 3.05) is 19.6 Å². The Labute approximate surface area is 112 Å². The molecule has 106 valence electrons. The molecule has 0 bridgehead atoms. The van der Waals surface area contributed by atoms with Crippen LogP contribution in [0.1, 0.15) is 47.5 Å². The Kier molecular flexibility index (Phi) is 8.73. The van der Waals surface area contributed by atoms with Gasteiger partial charge in [-0.2, -0.15) is 0 Å². The first kappa shape index (κ1) is 17.2. The largest absolute Gasteiger partial charge is 0.366 e. The third-order valence-electron chi connectivity index (χ3n) is 2.76. The maximum absolute atomic E-state index is 10.9. The predicted molar refractivity (Wildman–Crippen MR) is 78.3 cm³/mol. The van der Waals surface area contributed by atoms with Crippen molar-refractivity contribution < 1.29 is 4.79 Å². The predicted octanol–water partition coefficient (Wildman–Crippen LogP) is 2.81. The normalized spacial score (nSPS) is 12.8. The van der Waals surface area contributed by atoms with Gasteiger partial charge in [0.2, 0.25) is 5.91 Å². The van der Waals surface area contributed by atoms with E-state index in [1.54, 1.807) is 6.92 Å². The minimum Gasteiger partial charge on any atom is -0.366 e. The maximum atomic E-state index is 10.9. The summed E-state index contributed by atoms with van der Waals surface area (Å²) in [5.41, 5.74) is 5.87. The number of nitrogens with two attached hydrogens (primary N) is 1. The van der Waals surface area contributed by atoms with Gasteiger partial charge in [-0.3, -0.25) is 4.79 Å². The first-order valence-corrected chi connectivity index (χ1v) is 7.01. The van der Waals surface area contributed by atoms with Crippen LogP contribution in [0.15, 0.2) is 11.6 Å². The molecule has 0 aromatic rings. The highest BCUT2D eigenvalue weighted by Gasteiger charge is 2.08. The molecule has 0 heterocycles. The lowest BCUT2D eigenvalue weighted by Crippen LogP contribution is -2.32. The number of hydrogen-bond acceptors (Lipinski definition) is 2. The molecule has 0 radical (unpaired) electrons. The number of rotatable bonds is 9. The van der Waals surface area contributed by atoms with Crippen molar-refractivity contribution in [3.8, 4) is 0 Å². The molecule has 0 aliphatic carbocycles. The summed E-state index contributed by atoms with van der Waals surface area (Å²) in [4.78, 5) is 13.4. The molecule has 1 amide bonds. The zero-order chi connectivity index (χ0) is 14.1. The number of unbranched alkanes of at least 4 members (excludes halogenated alkanes) is 1. The lowest BCUT2D eigenvalue weighted by atomic mass is 10.1. The van der Waals surface area contributed by atoms with Crippen molar-refractivity contribution in [3.63, 3.8) is 0 Å². The lowest BCUT2D eigenvalue weighted by Gasteiger charge is -2.25. The van der Waals surface area contributed by atoms with E-state index in [1.165, 1.54) is 0 Å². The average molecular weight is 254 g/mol. The van der Waals surface area contributed by atoms with Gasteiger partial charge < -0.3 is 10.6 Å². The highest BCUT2D eigenvalue weighted by molar-refractivity contribution is 5.91. The highest BCUT2D eigenvalue weighted by atomic mass is 16.1. The number of carbonyl (C=O) groups excluding carboxylic acids is 1. The zero-order valence-electron chi connectivity index (χ0n) is 12.7. The van der Waals surface area contributed by atoms with Crippen LogP contribution < -0.4 is 5.73 Å². The summed E-state index contributed by atoms with van der Waals surface area (Å²) in [6, 6.07) is 0. The van der Waals surface area contributed by atoms with Gasteiger partial charge >= 0.3 is 0 Å². The van der Waals surface area contributed by atoms with Crippen LogP contribution in [0, 0.1) is 11.8 Å². The van der Waals surface area contributed by atoms with Crippen LogP contribution in [0.4, 0.5) is 0 Å². The third-order valence-corrected chi connectivity index (χ3v) is 2.76. The van der Waals surface area contributed by atoms with Crippen LogP contribution in [0.2, 0.25) is 0 Å². The van der Waals surface area contributed by atoms with Crippen LogP contribution in [0.5, 0.6) is 0 Å². The van der Waals surface area contributed by atoms with Crippen molar-refractivity contribution in [3.05, 3.63) is 11.6 Å². The molecule has 2 N–H and O–H groups in total. The first-order valence-electron chi connectivity index (χ1n) is 7.01. The second-order valence-corrected chi connectivity index (χ2v) is 5.94. The quantitative estimate of drug-likeness (QED) is 0.508. The summed E-state index contributed by atoms with van der Waals surface area (Å²) >= 11 is 0. The fourth-order valence-corrected chi connectivity index (χ4v) is 2.02. The van der Waals surface area contributed by atoms with Crippen LogP contribution in [-0.2, 0) is 4.79 Å². The van der Waals surface area contributed by atoms with E-state index < -0.39 is 0 Å². The van der Waals surface area contributed by atoms with E-state index in [9.17, 15) is 4.79 Å². The smallest absolute Gasteiger partial charge is 0.244 e. The molecule has 0 saturated carbocycles. The minimum atomic E-state index is -0.309. The van der Waals surface area contributed by atoms with E-state index in [0.29, 0.717) is 17.4 Å². The van der Waals surface area contributed by atoms with E-state index in [4.69, 9.17) is 5.73 Å². The molecule has 3 nitrogen and oxygen atoms in total. The number of amides is 1. The monoisotopic (exact) mass is 254 g/mol. The first-order chi connectivity index (χ1) is 8.32. The zero-order valence-corrected chi connectivity index (χ0v) is 12.7. The Morgan fingerprint density at radius 2 is 1.67 bits per heavy atom. The number of allylic oxidation sites excluding steroid dienone is 1. The van der Waals surface area contributed by atoms with Gasteiger partial charge in [0, 0.05) is 18.7 Å².